The van der Waals surface area contributed by atoms with Gasteiger partial charge >= 0.3 is 0 Å². The highest BCUT2D eigenvalue weighted by molar-refractivity contribution is 8.00. The number of hydrogen-bond donors (Lipinski definition) is 1. The van der Waals surface area contributed by atoms with Gasteiger partial charge in [-0.25, -0.2) is 8.42 Å². The van der Waals surface area contributed by atoms with Gasteiger partial charge in [0.2, 0.25) is 17.7 Å². The molecule has 1 heterocycles. The molecule has 148 valence electrons. The highest BCUT2D eigenvalue weighted by Gasteiger charge is 2.39. The summed E-state index contributed by atoms with van der Waals surface area (Å²) in [5, 5.41) is 2.72. The van der Waals surface area contributed by atoms with Gasteiger partial charge in [-0.1, -0.05) is 20.8 Å². The molecule has 0 unspecified atom stereocenters. The van der Waals surface area contributed by atoms with Crippen molar-refractivity contribution in [3.8, 4) is 0 Å². The van der Waals surface area contributed by atoms with Gasteiger partial charge in [-0.05, 0) is 30.7 Å². The average molecular weight is 413 g/mol. The smallest absolute Gasteiger partial charge is 0.273 e. The highest BCUT2D eigenvalue weighted by Crippen LogP contribution is 2.28. The van der Waals surface area contributed by atoms with E-state index in [1.165, 1.54) is 24.3 Å². The molecule has 0 radical (unpaired) electrons. The van der Waals surface area contributed by atoms with E-state index in [4.69, 9.17) is 0 Å². The molecule has 1 saturated heterocycles. The summed E-state index contributed by atoms with van der Waals surface area (Å²) >= 11 is 1.73. The maximum Gasteiger partial charge on any atom is 0.273 e. The zero-order valence-electron chi connectivity index (χ0n) is 15.6. The summed E-state index contributed by atoms with van der Waals surface area (Å²) in [6.07, 6.45) is 1.17. The molecule has 1 aliphatic rings. The minimum atomic E-state index is -4.20. The molecule has 0 aliphatic carbocycles. The van der Waals surface area contributed by atoms with Gasteiger partial charge in [0.25, 0.3) is 10.0 Å². The molecule has 0 bridgehead atoms. The third-order valence-corrected chi connectivity index (χ3v) is 7.59. The van der Waals surface area contributed by atoms with Crippen molar-refractivity contribution in [1.29, 1.82) is 0 Å². The lowest BCUT2D eigenvalue weighted by Crippen LogP contribution is -2.35. The van der Waals surface area contributed by atoms with Crippen LogP contribution in [0, 0.1) is 0 Å². The van der Waals surface area contributed by atoms with Gasteiger partial charge in [0, 0.05) is 35.4 Å². The number of hydrogen-bond acceptors (Lipinski definition) is 6. The molecule has 0 spiro atoms. The van der Waals surface area contributed by atoms with E-state index >= 15 is 0 Å². The van der Waals surface area contributed by atoms with Crippen molar-refractivity contribution < 1.29 is 22.8 Å². The number of carbonyl (C=O) groups is 3. The van der Waals surface area contributed by atoms with Gasteiger partial charge in [-0.15, -0.1) is 0 Å². The Labute approximate surface area is 163 Å². The number of nitrogens with zero attached hydrogens (tertiary/aromatic N) is 1. The van der Waals surface area contributed by atoms with Crippen molar-refractivity contribution in [1.82, 2.24) is 4.31 Å². The fraction of sp³-hybridized carbons (Fsp3) is 0.500. The monoisotopic (exact) mass is 412 g/mol. The van der Waals surface area contributed by atoms with Crippen LogP contribution in [0.4, 0.5) is 5.69 Å². The van der Waals surface area contributed by atoms with E-state index in [2.05, 4.69) is 26.1 Å². The summed E-state index contributed by atoms with van der Waals surface area (Å²) in [4.78, 5) is 35.2. The van der Waals surface area contributed by atoms with Gasteiger partial charge in [0.15, 0.2) is 0 Å². The maximum atomic E-state index is 12.4. The Morgan fingerprint density at radius 1 is 1.15 bits per heavy atom. The Kier molecular flexibility index (Phi) is 6.69. The maximum absolute atomic E-state index is 12.4. The van der Waals surface area contributed by atoms with Crippen molar-refractivity contribution >= 4 is 45.2 Å². The van der Waals surface area contributed by atoms with E-state index in [-0.39, 0.29) is 28.4 Å². The van der Waals surface area contributed by atoms with Crippen LogP contribution in [0.5, 0.6) is 0 Å². The molecule has 3 amide bonds. The van der Waals surface area contributed by atoms with Crippen molar-refractivity contribution in [2.75, 3.05) is 11.1 Å². The Morgan fingerprint density at radius 3 is 2.22 bits per heavy atom. The van der Waals surface area contributed by atoms with Crippen LogP contribution in [0.3, 0.4) is 0 Å². The normalized spacial score (nSPS) is 15.3. The fourth-order valence-corrected chi connectivity index (χ4v) is 4.84. The second-order valence-corrected chi connectivity index (χ2v) is 10.4. The molecule has 27 heavy (non-hydrogen) atoms. The zero-order valence-corrected chi connectivity index (χ0v) is 17.3. The number of amides is 3. The van der Waals surface area contributed by atoms with E-state index < -0.39 is 21.8 Å². The predicted octanol–water partition coefficient (Wildman–Crippen LogP) is 2.77. The number of anilines is 1. The lowest BCUT2D eigenvalue weighted by Gasteiger charge is -2.21. The van der Waals surface area contributed by atoms with Crippen LogP contribution in [-0.2, 0) is 24.4 Å². The zero-order chi connectivity index (χ0) is 20.2. The summed E-state index contributed by atoms with van der Waals surface area (Å²) < 4.78 is 25.3. The van der Waals surface area contributed by atoms with Crippen molar-refractivity contribution in [2.24, 2.45) is 0 Å². The standard InChI is InChI=1S/C18H24N2O5S2/c1-4-18(2,3)26-12-11-15(21)19-13-5-7-14(8-6-13)27(24,25)20-16(22)9-10-17(20)23/h5-8H,4,9-12H2,1-3H3,(H,19,21). The Bertz CT molecular complexity index is 816. The lowest BCUT2D eigenvalue weighted by atomic mass is 10.1. The number of imide groups is 1. The average Bonchev–Trinajstić information content (AvgIpc) is 2.94. The quantitative estimate of drug-likeness (QED) is 0.659. The van der Waals surface area contributed by atoms with E-state index in [0.29, 0.717) is 22.2 Å². The number of rotatable bonds is 8. The molecule has 7 nitrogen and oxygen atoms in total. The number of nitrogens with one attached hydrogen (secondary N) is 1. The molecular weight excluding hydrogens is 388 g/mol. The largest absolute Gasteiger partial charge is 0.326 e. The van der Waals surface area contributed by atoms with Gasteiger partial charge in [0.1, 0.15) is 0 Å². The second-order valence-electron chi connectivity index (χ2n) is 6.84. The number of thioether (sulfide) groups is 1. The SMILES string of the molecule is CCC(C)(C)SCCC(=O)Nc1ccc(S(=O)(=O)N2C(=O)CCC2=O)cc1. The minimum absolute atomic E-state index is 0.0982. The summed E-state index contributed by atoms with van der Waals surface area (Å²) in [5.41, 5.74) is 0.456. The minimum Gasteiger partial charge on any atom is -0.326 e. The summed E-state index contributed by atoms with van der Waals surface area (Å²) in [6, 6.07) is 5.44. The number of sulfonamides is 1. The van der Waals surface area contributed by atoms with Crippen LogP contribution in [0.1, 0.15) is 46.5 Å². The van der Waals surface area contributed by atoms with Crippen LogP contribution in [0.25, 0.3) is 0 Å². The second kappa shape index (κ2) is 8.43. The molecule has 1 N–H and O–H groups in total. The molecule has 1 aliphatic heterocycles. The first-order valence-corrected chi connectivity index (χ1v) is 11.1. The van der Waals surface area contributed by atoms with Crippen LogP contribution in [-0.4, -0.2) is 40.9 Å². The molecule has 1 aromatic rings. The Hall–Kier alpha value is -1.87. The molecule has 0 aromatic heterocycles. The Morgan fingerprint density at radius 2 is 1.70 bits per heavy atom. The number of benzene rings is 1. The molecule has 9 heteroatoms. The number of carbonyl (C=O) groups excluding carboxylic acids is 3. The molecule has 2 rings (SSSR count). The Balaban J connectivity index is 1.98. The van der Waals surface area contributed by atoms with Crippen LogP contribution in [0.15, 0.2) is 29.2 Å². The van der Waals surface area contributed by atoms with Gasteiger partial charge in [-0.2, -0.15) is 16.1 Å². The summed E-state index contributed by atoms with van der Waals surface area (Å²) in [6.45, 7) is 6.36. The third kappa shape index (κ3) is 5.32. The van der Waals surface area contributed by atoms with Crippen LogP contribution in [0.2, 0.25) is 0 Å². The topological polar surface area (TPSA) is 101 Å². The molecular formula is C18H24N2O5S2. The van der Waals surface area contributed by atoms with E-state index in [1.54, 1.807) is 11.8 Å². The van der Waals surface area contributed by atoms with Gasteiger partial charge < -0.3 is 5.32 Å². The molecule has 1 fully saturated rings. The molecule has 0 atom stereocenters. The van der Waals surface area contributed by atoms with E-state index in [1.807, 2.05) is 0 Å². The van der Waals surface area contributed by atoms with E-state index in [9.17, 15) is 22.8 Å². The molecule has 1 aromatic carbocycles. The summed E-state index contributed by atoms with van der Waals surface area (Å²) in [7, 11) is -4.20. The van der Waals surface area contributed by atoms with Crippen LogP contribution < -0.4 is 5.32 Å². The van der Waals surface area contributed by atoms with Crippen molar-refractivity contribution in [3.63, 3.8) is 0 Å². The first-order chi connectivity index (χ1) is 12.6. The lowest BCUT2D eigenvalue weighted by molar-refractivity contribution is -0.132. The highest BCUT2D eigenvalue weighted by atomic mass is 32.2. The fourth-order valence-electron chi connectivity index (χ4n) is 2.39. The van der Waals surface area contributed by atoms with Crippen molar-refractivity contribution in [3.05, 3.63) is 24.3 Å². The summed E-state index contributed by atoms with van der Waals surface area (Å²) in [5.74, 6) is -0.900. The van der Waals surface area contributed by atoms with E-state index in [0.717, 1.165) is 6.42 Å². The third-order valence-electron chi connectivity index (χ3n) is 4.36. The van der Waals surface area contributed by atoms with Crippen molar-refractivity contribution in [2.45, 2.75) is 56.1 Å². The first kappa shape index (κ1) is 21.4. The predicted molar refractivity (Wildman–Crippen MR) is 105 cm³/mol. The first-order valence-electron chi connectivity index (χ1n) is 8.72. The molecule has 0 saturated carbocycles. The van der Waals surface area contributed by atoms with Gasteiger partial charge in [-0.3, -0.25) is 14.4 Å². The van der Waals surface area contributed by atoms with Gasteiger partial charge in [0.05, 0.1) is 4.90 Å². The van der Waals surface area contributed by atoms with Crippen LogP contribution >= 0.6 is 11.8 Å².